The predicted molar refractivity (Wildman–Crippen MR) is 46.3 cm³/mol. The number of aliphatic hydroxyl groups is 1. The first-order chi connectivity index (χ1) is 6.13. The number of ketones is 1. The molecule has 2 rings (SSSR count). The van der Waals surface area contributed by atoms with Crippen LogP contribution >= 0.6 is 0 Å². The molecule has 4 nitrogen and oxygen atoms in total. The van der Waals surface area contributed by atoms with Crippen molar-refractivity contribution in [3.8, 4) is 0 Å². The zero-order valence-electron chi connectivity index (χ0n) is 7.33. The van der Waals surface area contributed by atoms with Crippen molar-refractivity contribution in [1.29, 1.82) is 0 Å². The van der Waals surface area contributed by atoms with Crippen molar-refractivity contribution in [3.05, 3.63) is 29.0 Å². The number of fused-ring (bicyclic) bond motifs is 1. The Kier molecular flexibility index (Phi) is 1.45. The summed E-state index contributed by atoms with van der Waals surface area (Å²) >= 11 is 0. The van der Waals surface area contributed by atoms with Crippen molar-refractivity contribution in [2.24, 2.45) is 0 Å². The van der Waals surface area contributed by atoms with E-state index < -0.39 is 5.78 Å². The molecule has 0 aliphatic heterocycles. The van der Waals surface area contributed by atoms with Crippen molar-refractivity contribution >= 4 is 11.4 Å². The second kappa shape index (κ2) is 2.39. The van der Waals surface area contributed by atoms with Gasteiger partial charge in [-0.3, -0.25) is 4.79 Å². The van der Waals surface area contributed by atoms with Gasteiger partial charge in [0.15, 0.2) is 5.76 Å². The van der Waals surface area contributed by atoms with Gasteiger partial charge in [-0.15, -0.1) is 0 Å². The Balaban J connectivity index is 2.79. The first-order valence-electron chi connectivity index (χ1n) is 3.89. The maximum absolute atomic E-state index is 11.4. The standard InChI is InChI=1S/C9H8N2O2/c1-4-6-5(2)10-3-11-7(6)9(13)8(4)12/h3H,1-2H3,(H,12,13). The van der Waals surface area contributed by atoms with E-state index in [0.717, 1.165) is 5.69 Å². The molecule has 0 saturated carbocycles. The van der Waals surface area contributed by atoms with Gasteiger partial charge in [0.2, 0.25) is 5.78 Å². The average Bonchev–Trinajstić information content (AvgIpc) is 2.33. The van der Waals surface area contributed by atoms with E-state index >= 15 is 0 Å². The largest absolute Gasteiger partial charge is 0.504 e. The van der Waals surface area contributed by atoms with E-state index in [0.29, 0.717) is 16.8 Å². The van der Waals surface area contributed by atoms with Gasteiger partial charge in [0.25, 0.3) is 0 Å². The van der Waals surface area contributed by atoms with Crippen LogP contribution in [0.5, 0.6) is 0 Å². The number of carbonyl (C=O) groups excluding carboxylic acids is 1. The minimum Gasteiger partial charge on any atom is -0.504 e. The number of aliphatic hydroxyl groups excluding tert-OH is 1. The Bertz CT molecular complexity index is 435. The van der Waals surface area contributed by atoms with Gasteiger partial charge in [-0.2, -0.15) is 0 Å². The van der Waals surface area contributed by atoms with Gasteiger partial charge in [0, 0.05) is 16.8 Å². The van der Waals surface area contributed by atoms with E-state index in [1.54, 1.807) is 13.8 Å². The third kappa shape index (κ3) is 0.884. The summed E-state index contributed by atoms with van der Waals surface area (Å²) < 4.78 is 0. The number of allylic oxidation sites excluding steroid dienone is 2. The van der Waals surface area contributed by atoms with E-state index in [1.807, 2.05) is 0 Å². The van der Waals surface area contributed by atoms with Crippen molar-refractivity contribution in [2.45, 2.75) is 13.8 Å². The number of nitrogens with zero attached hydrogens (tertiary/aromatic N) is 2. The number of rotatable bonds is 0. The summed E-state index contributed by atoms with van der Waals surface area (Å²) in [5.41, 5.74) is 2.27. The molecule has 0 aromatic carbocycles. The molecule has 0 spiro atoms. The Labute approximate surface area is 75.0 Å². The van der Waals surface area contributed by atoms with Crippen LogP contribution in [-0.4, -0.2) is 20.9 Å². The van der Waals surface area contributed by atoms with Crippen LogP contribution in [0.15, 0.2) is 12.1 Å². The Hall–Kier alpha value is -1.71. The molecule has 4 heteroatoms. The minimum absolute atomic E-state index is 0.210. The lowest BCUT2D eigenvalue weighted by atomic mass is 10.1. The van der Waals surface area contributed by atoms with Crippen LogP contribution in [-0.2, 0) is 0 Å². The van der Waals surface area contributed by atoms with E-state index in [9.17, 15) is 9.90 Å². The second-order valence-electron chi connectivity index (χ2n) is 2.99. The molecule has 1 aromatic heterocycles. The highest BCUT2D eigenvalue weighted by Gasteiger charge is 2.29. The molecule has 1 aromatic rings. The lowest BCUT2D eigenvalue weighted by molar-refractivity contribution is 0.0979. The maximum Gasteiger partial charge on any atom is 0.246 e. The van der Waals surface area contributed by atoms with Gasteiger partial charge in [-0.25, -0.2) is 9.97 Å². The summed E-state index contributed by atoms with van der Waals surface area (Å²) in [4.78, 5) is 19.2. The molecule has 1 aliphatic rings. The van der Waals surface area contributed by atoms with Crippen molar-refractivity contribution in [1.82, 2.24) is 9.97 Å². The molecular weight excluding hydrogens is 168 g/mol. The van der Waals surface area contributed by atoms with Crippen molar-refractivity contribution in [3.63, 3.8) is 0 Å². The van der Waals surface area contributed by atoms with Crippen LogP contribution in [0, 0.1) is 6.92 Å². The first kappa shape index (κ1) is 7.91. The number of hydrogen-bond donors (Lipinski definition) is 1. The number of hydrogen-bond acceptors (Lipinski definition) is 4. The minimum atomic E-state index is -0.405. The highest BCUT2D eigenvalue weighted by atomic mass is 16.3. The van der Waals surface area contributed by atoms with Crippen LogP contribution in [0.2, 0.25) is 0 Å². The third-order valence-electron chi connectivity index (χ3n) is 2.20. The topological polar surface area (TPSA) is 63.1 Å². The number of aryl methyl sites for hydroxylation is 1. The fourth-order valence-corrected chi connectivity index (χ4v) is 1.50. The van der Waals surface area contributed by atoms with Crippen LogP contribution in [0.4, 0.5) is 0 Å². The molecule has 0 amide bonds. The monoisotopic (exact) mass is 176 g/mol. The maximum atomic E-state index is 11.4. The van der Waals surface area contributed by atoms with Gasteiger partial charge >= 0.3 is 0 Å². The summed E-state index contributed by atoms with van der Waals surface area (Å²) in [6.45, 7) is 3.48. The molecule has 0 bridgehead atoms. The summed E-state index contributed by atoms with van der Waals surface area (Å²) in [6, 6.07) is 0. The quantitative estimate of drug-likeness (QED) is 0.646. The van der Waals surface area contributed by atoms with Crippen LogP contribution in [0.3, 0.4) is 0 Å². The zero-order chi connectivity index (χ0) is 9.59. The van der Waals surface area contributed by atoms with Crippen molar-refractivity contribution in [2.75, 3.05) is 0 Å². The Morgan fingerprint density at radius 1 is 1.31 bits per heavy atom. The van der Waals surface area contributed by atoms with Gasteiger partial charge in [-0.1, -0.05) is 0 Å². The smallest absolute Gasteiger partial charge is 0.246 e. The van der Waals surface area contributed by atoms with Crippen LogP contribution in [0.1, 0.15) is 28.7 Å². The third-order valence-corrected chi connectivity index (χ3v) is 2.20. The van der Waals surface area contributed by atoms with Crippen molar-refractivity contribution < 1.29 is 9.90 Å². The molecular formula is C9H8N2O2. The fraction of sp³-hybridized carbons (Fsp3) is 0.222. The molecule has 0 unspecified atom stereocenters. The lowest BCUT2D eigenvalue weighted by Gasteiger charge is -2.00. The number of Topliss-reactive ketones (excluding diaryl/α,β-unsaturated/α-hetero) is 1. The molecule has 1 aliphatic carbocycles. The zero-order valence-corrected chi connectivity index (χ0v) is 7.33. The normalized spacial score (nSPS) is 15.1. The first-order valence-corrected chi connectivity index (χ1v) is 3.89. The van der Waals surface area contributed by atoms with Gasteiger partial charge < -0.3 is 5.11 Å². The summed E-state index contributed by atoms with van der Waals surface area (Å²) in [7, 11) is 0. The van der Waals surface area contributed by atoms with E-state index in [4.69, 9.17) is 0 Å². The SMILES string of the molecule is CC1=C(O)C(=O)c2ncnc(C)c21. The van der Waals surface area contributed by atoms with Gasteiger partial charge in [0.05, 0.1) is 0 Å². The molecule has 1 N–H and O–H groups in total. The highest BCUT2D eigenvalue weighted by molar-refractivity contribution is 6.17. The van der Waals surface area contributed by atoms with E-state index in [2.05, 4.69) is 9.97 Å². The van der Waals surface area contributed by atoms with E-state index in [-0.39, 0.29) is 5.76 Å². The summed E-state index contributed by atoms with van der Waals surface area (Å²) in [5.74, 6) is -0.614. The molecule has 1 heterocycles. The summed E-state index contributed by atoms with van der Waals surface area (Å²) in [6.07, 6.45) is 1.33. The van der Waals surface area contributed by atoms with Crippen LogP contribution in [0.25, 0.3) is 5.57 Å². The number of aromatic nitrogens is 2. The molecule has 66 valence electrons. The molecule has 0 fully saturated rings. The Morgan fingerprint density at radius 3 is 2.62 bits per heavy atom. The van der Waals surface area contributed by atoms with Gasteiger partial charge in [-0.05, 0) is 13.8 Å². The fourth-order valence-electron chi connectivity index (χ4n) is 1.50. The molecule has 0 radical (unpaired) electrons. The number of carbonyl (C=O) groups is 1. The van der Waals surface area contributed by atoms with Crippen LogP contribution < -0.4 is 0 Å². The molecule has 0 atom stereocenters. The molecule has 0 saturated heterocycles. The predicted octanol–water partition coefficient (Wildman–Crippen LogP) is 1.27. The lowest BCUT2D eigenvalue weighted by Crippen LogP contribution is -2.02. The summed E-state index contributed by atoms with van der Waals surface area (Å²) in [5, 5.41) is 9.37. The van der Waals surface area contributed by atoms with E-state index in [1.165, 1.54) is 6.33 Å². The van der Waals surface area contributed by atoms with Gasteiger partial charge in [0.1, 0.15) is 12.0 Å². The Morgan fingerprint density at radius 2 is 2.00 bits per heavy atom. The highest BCUT2D eigenvalue weighted by Crippen LogP contribution is 2.30. The second-order valence-corrected chi connectivity index (χ2v) is 2.99. The molecule has 13 heavy (non-hydrogen) atoms. The average molecular weight is 176 g/mol.